The molecule has 0 aliphatic heterocycles. The van der Waals surface area contributed by atoms with Gasteiger partial charge >= 0.3 is 0 Å². The maximum Gasteiger partial charge on any atom is 0.148 e. The van der Waals surface area contributed by atoms with E-state index < -0.39 is 11.3 Å². The lowest BCUT2D eigenvalue weighted by Crippen LogP contribution is -2.55. The van der Waals surface area contributed by atoms with Crippen LogP contribution < -0.4 is 5.32 Å². The molecule has 3 rings (SSSR count). The highest BCUT2D eigenvalue weighted by Crippen LogP contribution is 2.37. The first-order chi connectivity index (χ1) is 16.0. The quantitative estimate of drug-likeness (QED) is 0.302. The predicted molar refractivity (Wildman–Crippen MR) is 132 cm³/mol. The lowest BCUT2D eigenvalue weighted by Gasteiger charge is -2.37. The molecule has 2 aromatic carbocycles. The van der Waals surface area contributed by atoms with Gasteiger partial charge in [-0.2, -0.15) is 0 Å². The van der Waals surface area contributed by atoms with Crippen molar-refractivity contribution in [2.45, 2.75) is 89.1 Å². The zero-order valence-electron chi connectivity index (χ0n) is 20.5. The van der Waals surface area contributed by atoms with Crippen LogP contribution in [0, 0.1) is 0 Å². The Hall–Kier alpha value is -1.76. The van der Waals surface area contributed by atoms with Crippen LogP contribution in [0.3, 0.4) is 0 Å². The summed E-state index contributed by atoms with van der Waals surface area (Å²) in [6, 6.07) is 20.4. The van der Waals surface area contributed by atoms with Gasteiger partial charge in [0.25, 0.3) is 0 Å². The van der Waals surface area contributed by atoms with Crippen LogP contribution in [0.1, 0.15) is 63.5 Å². The van der Waals surface area contributed by atoms with Crippen molar-refractivity contribution < 1.29 is 19.3 Å². The monoisotopic (exact) mass is 455 g/mol. The molecule has 2 aromatic rings. The number of benzene rings is 2. The number of ether oxygens (including phenoxy) is 3. The highest BCUT2D eigenvalue weighted by Gasteiger charge is 2.50. The van der Waals surface area contributed by atoms with Crippen LogP contribution in [-0.4, -0.2) is 42.3 Å². The fourth-order valence-corrected chi connectivity index (χ4v) is 4.47. The van der Waals surface area contributed by atoms with E-state index in [1.54, 1.807) is 0 Å². The van der Waals surface area contributed by atoms with Gasteiger partial charge in [-0.25, -0.2) is 0 Å². The highest BCUT2D eigenvalue weighted by atomic mass is 16.6. The van der Waals surface area contributed by atoms with E-state index >= 15 is 0 Å². The van der Waals surface area contributed by atoms with E-state index in [0.29, 0.717) is 19.6 Å². The van der Waals surface area contributed by atoms with Gasteiger partial charge in [0.2, 0.25) is 0 Å². The normalized spacial score (nSPS) is 24.6. The topological polar surface area (TPSA) is 60.0 Å². The Labute approximate surface area is 199 Å². The second-order valence-corrected chi connectivity index (χ2v) is 9.53. The second-order valence-electron chi connectivity index (χ2n) is 9.53. The van der Waals surface area contributed by atoms with Gasteiger partial charge in [-0.05, 0) is 31.5 Å². The largest absolute Gasteiger partial charge is 0.388 e. The number of likely N-dealkylation sites (N-methyl/N-ethyl adjacent to an activating group) is 1. The summed E-state index contributed by atoms with van der Waals surface area (Å²) in [5.41, 5.74) is 0.709. The Balaban J connectivity index is 1.66. The van der Waals surface area contributed by atoms with Crippen molar-refractivity contribution in [3.8, 4) is 0 Å². The van der Waals surface area contributed by atoms with Gasteiger partial charge in [-0.15, -0.1) is 0 Å². The number of nitrogens with one attached hydrogen (secondary N) is 1. The molecular weight excluding hydrogens is 414 g/mol. The Morgan fingerprint density at radius 1 is 0.970 bits per heavy atom. The molecule has 2 N–H and O–H groups in total. The molecule has 1 fully saturated rings. The fourth-order valence-electron chi connectivity index (χ4n) is 4.47. The molecule has 0 aromatic heterocycles. The molecule has 0 radical (unpaired) electrons. The van der Waals surface area contributed by atoms with Crippen LogP contribution in [0.4, 0.5) is 0 Å². The fraction of sp³-hybridized carbons (Fsp3) is 0.571. The molecule has 4 atom stereocenters. The standard InChI is InChI=1S/C28H41NO4/c1-4-5-12-17-27(2,30)22-33-28(29-3)19-25(31-20-23-13-8-6-9-14-23)18-26(28)32-21-24-15-10-7-11-16-24/h6-11,13-16,25-26,29-30H,4-5,12,17-22H2,1-3H3/t25-,26+,27?,28-/m1/s1. The molecule has 1 unspecified atom stereocenters. The van der Waals surface area contributed by atoms with E-state index in [4.69, 9.17) is 14.2 Å². The maximum absolute atomic E-state index is 10.9. The Morgan fingerprint density at radius 2 is 1.58 bits per heavy atom. The molecule has 33 heavy (non-hydrogen) atoms. The third kappa shape index (κ3) is 7.90. The average molecular weight is 456 g/mol. The Kier molecular flexibility index (Phi) is 9.90. The second kappa shape index (κ2) is 12.6. The number of hydrogen-bond acceptors (Lipinski definition) is 5. The first-order valence-corrected chi connectivity index (χ1v) is 12.3. The van der Waals surface area contributed by atoms with Crippen molar-refractivity contribution in [2.75, 3.05) is 13.7 Å². The third-order valence-electron chi connectivity index (χ3n) is 6.53. The highest BCUT2D eigenvalue weighted by molar-refractivity contribution is 5.14. The van der Waals surface area contributed by atoms with E-state index in [-0.39, 0.29) is 18.8 Å². The summed E-state index contributed by atoms with van der Waals surface area (Å²) < 4.78 is 19.1. The number of rotatable bonds is 14. The molecule has 0 bridgehead atoms. The van der Waals surface area contributed by atoms with Crippen LogP contribution >= 0.6 is 0 Å². The van der Waals surface area contributed by atoms with Crippen molar-refractivity contribution in [3.05, 3.63) is 71.8 Å². The van der Waals surface area contributed by atoms with E-state index in [0.717, 1.165) is 43.2 Å². The first-order valence-electron chi connectivity index (χ1n) is 12.3. The average Bonchev–Trinajstić information content (AvgIpc) is 3.20. The Bertz CT molecular complexity index is 798. The van der Waals surface area contributed by atoms with Gasteiger partial charge < -0.3 is 19.3 Å². The van der Waals surface area contributed by atoms with E-state index in [9.17, 15) is 5.11 Å². The lowest BCUT2D eigenvalue weighted by molar-refractivity contribution is -0.180. The van der Waals surface area contributed by atoms with E-state index in [1.165, 1.54) is 0 Å². The summed E-state index contributed by atoms with van der Waals surface area (Å²) >= 11 is 0. The van der Waals surface area contributed by atoms with Crippen LogP contribution in [0.5, 0.6) is 0 Å². The molecule has 0 amide bonds. The van der Waals surface area contributed by atoms with Crippen molar-refractivity contribution in [1.82, 2.24) is 5.32 Å². The molecule has 182 valence electrons. The van der Waals surface area contributed by atoms with Gasteiger partial charge in [0, 0.05) is 12.8 Å². The van der Waals surface area contributed by atoms with Crippen LogP contribution in [0.25, 0.3) is 0 Å². The van der Waals surface area contributed by atoms with Crippen molar-refractivity contribution in [2.24, 2.45) is 0 Å². The summed E-state index contributed by atoms with van der Waals surface area (Å²) in [5, 5.41) is 14.3. The summed E-state index contributed by atoms with van der Waals surface area (Å²) in [6.45, 7) is 5.37. The van der Waals surface area contributed by atoms with Crippen LogP contribution in [0.2, 0.25) is 0 Å². The van der Waals surface area contributed by atoms with Gasteiger partial charge in [0.15, 0.2) is 0 Å². The third-order valence-corrected chi connectivity index (χ3v) is 6.53. The molecule has 5 nitrogen and oxygen atoms in total. The molecule has 0 spiro atoms. The number of unbranched alkanes of at least 4 members (excludes halogenated alkanes) is 2. The minimum atomic E-state index is -0.869. The van der Waals surface area contributed by atoms with Gasteiger partial charge in [0.05, 0.1) is 31.5 Å². The van der Waals surface area contributed by atoms with E-state index in [2.05, 4.69) is 36.5 Å². The number of aliphatic hydroxyl groups is 1. The smallest absolute Gasteiger partial charge is 0.148 e. The molecule has 5 heteroatoms. The predicted octanol–water partition coefficient (Wildman–Crippen LogP) is 5.21. The molecule has 1 aliphatic rings. The van der Waals surface area contributed by atoms with Crippen molar-refractivity contribution in [3.63, 3.8) is 0 Å². The van der Waals surface area contributed by atoms with Gasteiger partial charge in [0.1, 0.15) is 11.8 Å². The SMILES string of the molecule is CCCCCC(C)(O)CO[C@]1(NC)C[C@H](OCc2ccccc2)C[C@@H]1OCc1ccccc1. The summed E-state index contributed by atoms with van der Waals surface area (Å²) in [7, 11) is 1.91. The maximum atomic E-state index is 10.9. The zero-order valence-corrected chi connectivity index (χ0v) is 20.5. The summed E-state index contributed by atoms with van der Waals surface area (Å²) in [5.74, 6) is 0. The Morgan fingerprint density at radius 3 is 2.15 bits per heavy atom. The zero-order chi connectivity index (χ0) is 23.6. The van der Waals surface area contributed by atoms with Crippen molar-refractivity contribution in [1.29, 1.82) is 0 Å². The van der Waals surface area contributed by atoms with Crippen LogP contribution in [-0.2, 0) is 27.4 Å². The minimum absolute atomic E-state index is 0.00321. The van der Waals surface area contributed by atoms with Crippen molar-refractivity contribution >= 4 is 0 Å². The van der Waals surface area contributed by atoms with Gasteiger partial charge in [-0.3, -0.25) is 5.32 Å². The van der Waals surface area contributed by atoms with Crippen LogP contribution in [0.15, 0.2) is 60.7 Å². The molecule has 0 saturated heterocycles. The first kappa shape index (κ1) is 25.9. The molecule has 1 saturated carbocycles. The van der Waals surface area contributed by atoms with Gasteiger partial charge in [-0.1, -0.05) is 86.8 Å². The molecule has 0 heterocycles. The minimum Gasteiger partial charge on any atom is -0.388 e. The lowest BCUT2D eigenvalue weighted by atomic mass is 9.99. The summed E-state index contributed by atoms with van der Waals surface area (Å²) in [4.78, 5) is 0. The molecule has 1 aliphatic carbocycles. The number of hydrogen-bond donors (Lipinski definition) is 2. The van der Waals surface area contributed by atoms with E-state index in [1.807, 2.05) is 50.4 Å². The summed E-state index contributed by atoms with van der Waals surface area (Å²) in [6.07, 6.45) is 5.19. The molecular formula is C28H41NO4.